The normalized spacial score (nSPS) is 23.9. The van der Waals surface area contributed by atoms with Crippen molar-refractivity contribution in [3.8, 4) is 0 Å². The maximum absolute atomic E-state index is 11.7. The summed E-state index contributed by atoms with van der Waals surface area (Å²) < 4.78 is 0. The minimum absolute atomic E-state index is 0.204. The molecule has 116 valence electrons. The van der Waals surface area contributed by atoms with Crippen LogP contribution >= 0.6 is 0 Å². The average Bonchev–Trinajstić information content (AvgIpc) is 2.41. The fourth-order valence-electron chi connectivity index (χ4n) is 2.92. The number of hydrogen-bond acceptors (Lipinski definition) is 2. The SMILES string of the molecule is CCCC(CNC(=O)NCC1CCCC(C)C1)C(=O)O. The average molecular weight is 284 g/mol. The van der Waals surface area contributed by atoms with Crippen molar-refractivity contribution in [2.75, 3.05) is 13.1 Å². The maximum atomic E-state index is 11.7. The quantitative estimate of drug-likeness (QED) is 0.672. The second-order valence-electron chi connectivity index (χ2n) is 6.05. The molecule has 1 aliphatic carbocycles. The van der Waals surface area contributed by atoms with E-state index in [0.29, 0.717) is 18.9 Å². The van der Waals surface area contributed by atoms with Crippen LogP contribution in [0.3, 0.4) is 0 Å². The molecule has 3 unspecified atom stereocenters. The van der Waals surface area contributed by atoms with E-state index < -0.39 is 11.9 Å². The molecule has 3 atom stereocenters. The predicted molar refractivity (Wildman–Crippen MR) is 78.6 cm³/mol. The van der Waals surface area contributed by atoms with Gasteiger partial charge in [-0.2, -0.15) is 0 Å². The Balaban J connectivity index is 2.20. The molecule has 0 aromatic heterocycles. The van der Waals surface area contributed by atoms with E-state index in [2.05, 4.69) is 17.6 Å². The van der Waals surface area contributed by atoms with Gasteiger partial charge in [0, 0.05) is 13.1 Å². The summed E-state index contributed by atoms with van der Waals surface area (Å²) in [5.74, 6) is -0.0105. The Labute approximate surface area is 121 Å². The van der Waals surface area contributed by atoms with Gasteiger partial charge in [0.1, 0.15) is 0 Å². The van der Waals surface area contributed by atoms with E-state index in [4.69, 9.17) is 5.11 Å². The summed E-state index contributed by atoms with van der Waals surface area (Å²) in [4.78, 5) is 22.7. The highest BCUT2D eigenvalue weighted by Gasteiger charge is 2.20. The summed E-state index contributed by atoms with van der Waals surface area (Å²) >= 11 is 0. The summed E-state index contributed by atoms with van der Waals surface area (Å²) in [6.45, 7) is 5.10. The third kappa shape index (κ3) is 6.26. The molecule has 0 radical (unpaired) electrons. The number of nitrogens with one attached hydrogen (secondary N) is 2. The zero-order valence-electron chi connectivity index (χ0n) is 12.7. The summed E-state index contributed by atoms with van der Waals surface area (Å²) in [6, 6.07) is -0.245. The van der Waals surface area contributed by atoms with Crippen molar-refractivity contribution >= 4 is 12.0 Å². The Bertz CT molecular complexity index is 320. The second kappa shape index (κ2) is 8.82. The minimum atomic E-state index is -0.840. The lowest BCUT2D eigenvalue weighted by molar-refractivity contribution is -0.141. The molecule has 20 heavy (non-hydrogen) atoms. The number of urea groups is 1. The molecule has 0 aromatic carbocycles. The first-order valence-electron chi connectivity index (χ1n) is 7.77. The lowest BCUT2D eigenvalue weighted by Crippen LogP contribution is -2.42. The lowest BCUT2D eigenvalue weighted by Gasteiger charge is -2.26. The molecule has 5 heteroatoms. The lowest BCUT2D eigenvalue weighted by atomic mass is 9.82. The van der Waals surface area contributed by atoms with Crippen LogP contribution in [0, 0.1) is 17.8 Å². The molecular weight excluding hydrogens is 256 g/mol. The third-order valence-corrected chi connectivity index (χ3v) is 4.09. The highest BCUT2D eigenvalue weighted by molar-refractivity contribution is 5.75. The summed E-state index contributed by atoms with van der Waals surface area (Å²) in [7, 11) is 0. The van der Waals surface area contributed by atoms with E-state index in [9.17, 15) is 9.59 Å². The Morgan fingerprint density at radius 2 is 2.05 bits per heavy atom. The molecule has 0 aliphatic heterocycles. The molecule has 1 rings (SSSR count). The molecule has 1 saturated carbocycles. The maximum Gasteiger partial charge on any atom is 0.314 e. The van der Waals surface area contributed by atoms with E-state index in [1.807, 2.05) is 6.92 Å². The van der Waals surface area contributed by atoms with Gasteiger partial charge in [0.05, 0.1) is 5.92 Å². The van der Waals surface area contributed by atoms with Crippen LogP contribution in [0.2, 0.25) is 0 Å². The van der Waals surface area contributed by atoms with Crippen molar-refractivity contribution in [2.24, 2.45) is 17.8 Å². The van der Waals surface area contributed by atoms with Gasteiger partial charge in [-0.3, -0.25) is 4.79 Å². The molecule has 0 bridgehead atoms. The van der Waals surface area contributed by atoms with Crippen LogP contribution in [0.25, 0.3) is 0 Å². The van der Waals surface area contributed by atoms with Crippen molar-refractivity contribution in [1.29, 1.82) is 0 Å². The zero-order valence-corrected chi connectivity index (χ0v) is 12.7. The van der Waals surface area contributed by atoms with Crippen molar-refractivity contribution < 1.29 is 14.7 Å². The number of carboxylic acid groups (broad SMARTS) is 1. The van der Waals surface area contributed by atoms with Crippen molar-refractivity contribution in [3.63, 3.8) is 0 Å². The van der Waals surface area contributed by atoms with Crippen LogP contribution in [0.4, 0.5) is 4.79 Å². The van der Waals surface area contributed by atoms with Crippen LogP contribution in [0.5, 0.6) is 0 Å². The first kappa shape index (κ1) is 16.8. The number of carbonyl (C=O) groups is 2. The highest BCUT2D eigenvalue weighted by Crippen LogP contribution is 2.27. The molecule has 0 aromatic rings. The zero-order chi connectivity index (χ0) is 15.0. The van der Waals surface area contributed by atoms with Gasteiger partial charge < -0.3 is 15.7 Å². The van der Waals surface area contributed by atoms with Gasteiger partial charge in [-0.05, 0) is 31.1 Å². The molecule has 1 aliphatic rings. The van der Waals surface area contributed by atoms with E-state index in [1.165, 1.54) is 25.7 Å². The monoisotopic (exact) mass is 284 g/mol. The first-order chi connectivity index (χ1) is 9.52. The number of rotatable bonds is 7. The van der Waals surface area contributed by atoms with Crippen LogP contribution in [0.1, 0.15) is 52.4 Å². The minimum Gasteiger partial charge on any atom is -0.481 e. The van der Waals surface area contributed by atoms with Gasteiger partial charge in [-0.1, -0.05) is 33.1 Å². The van der Waals surface area contributed by atoms with Gasteiger partial charge in [0.2, 0.25) is 0 Å². The van der Waals surface area contributed by atoms with Crippen LogP contribution in [0.15, 0.2) is 0 Å². The largest absolute Gasteiger partial charge is 0.481 e. The Morgan fingerprint density at radius 3 is 2.65 bits per heavy atom. The van der Waals surface area contributed by atoms with Crippen LogP contribution in [-0.4, -0.2) is 30.2 Å². The van der Waals surface area contributed by atoms with Crippen molar-refractivity contribution in [3.05, 3.63) is 0 Å². The molecule has 0 spiro atoms. The Kier molecular flexibility index (Phi) is 7.41. The van der Waals surface area contributed by atoms with Crippen molar-refractivity contribution in [2.45, 2.75) is 52.4 Å². The summed E-state index contributed by atoms with van der Waals surface area (Å²) in [5.41, 5.74) is 0. The molecule has 0 saturated heterocycles. The smallest absolute Gasteiger partial charge is 0.314 e. The van der Waals surface area contributed by atoms with E-state index in [0.717, 1.165) is 12.3 Å². The first-order valence-corrected chi connectivity index (χ1v) is 7.77. The van der Waals surface area contributed by atoms with E-state index in [-0.39, 0.29) is 12.6 Å². The fourth-order valence-corrected chi connectivity index (χ4v) is 2.92. The Morgan fingerprint density at radius 1 is 1.30 bits per heavy atom. The molecule has 0 heterocycles. The molecule has 3 N–H and O–H groups in total. The van der Waals surface area contributed by atoms with E-state index in [1.54, 1.807) is 0 Å². The molecule has 1 fully saturated rings. The van der Waals surface area contributed by atoms with Gasteiger partial charge in [-0.25, -0.2) is 4.79 Å². The molecule has 2 amide bonds. The highest BCUT2D eigenvalue weighted by atomic mass is 16.4. The van der Waals surface area contributed by atoms with Crippen LogP contribution in [-0.2, 0) is 4.79 Å². The third-order valence-electron chi connectivity index (χ3n) is 4.09. The van der Waals surface area contributed by atoms with Gasteiger partial charge in [0.15, 0.2) is 0 Å². The molecular formula is C15H28N2O3. The van der Waals surface area contributed by atoms with E-state index >= 15 is 0 Å². The number of carbonyl (C=O) groups excluding carboxylic acids is 1. The second-order valence-corrected chi connectivity index (χ2v) is 6.05. The van der Waals surface area contributed by atoms with Crippen LogP contribution < -0.4 is 10.6 Å². The van der Waals surface area contributed by atoms with Gasteiger partial charge in [-0.15, -0.1) is 0 Å². The van der Waals surface area contributed by atoms with Gasteiger partial charge in [0.25, 0.3) is 0 Å². The number of carboxylic acids is 1. The predicted octanol–water partition coefficient (Wildman–Crippen LogP) is 2.61. The standard InChI is InChI=1S/C15H28N2O3/c1-3-5-13(14(18)19)10-17-15(20)16-9-12-7-4-6-11(2)8-12/h11-13H,3-10H2,1-2H3,(H,18,19)(H2,16,17,20). The Hall–Kier alpha value is -1.26. The molecule has 5 nitrogen and oxygen atoms in total. The summed E-state index contributed by atoms with van der Waals surface area (Å²) in [6.07, 6.45) is 6.29. The van der Waals surface area contributed by atoms with Crippen molar-refractivity contribution in [1.82, 2.24) is 10.6 Å². The number of aliphatic carboxylic acids is 1. The summed E-state index contributed by atoms with van der Waals surface area (Å²) in [5, 5.41) is 14.5. The fraction of sp³-hybridized carbons (Fsp3) is 0.867. The number of hydrogen-bond donors (Lipinski definition) is 3. The topological polar surface area (TPSA) is 78.4 Å². The number of amides is 2. The van der Waals surface area contributed by atoms with Gasteiger partial charge >= 0.3 is 12.0 Å².